The Bertz CT molecular complexity index is 517. The summed E-state index contributed by atoms with van der Waals surface area (Å²) < 4.78 is 28.1. The largest absolute Gasteiger partial charge is 0.314 e. The topological polar surface area (TPSA) is 74.3 Å². The van der Waals surface area contributed by atoms with Crippen LogP contribution < -0.4 is 10.0 Å². The molecule has 0 saturated carbocycles. The predicted octanol–water partition coefficient (Wildman–Crippen LogP) is 1.37. The average Bonchev–Trinajstić information content (AvgIpc) is 2.33. The van der Waals surface area contributed by atoms with Gasteiger partial charge in [0, 0.05) is 31.5 Å². The quantitative estimate of drug-likeness (QED) is 0.711. The third kappa shape index (κ3) is 5.85. The molecule has 0 aromatic carbocycles. The first kappa shape index (κ1) is 16.9. The molecule has 0 bridgehead atoms. The highest BCUT2D eigenvalue weighted by Crippen LogP contribution is 2.11. The monoisotopic (exact) mass is 300 g/mol. The standard InChI is InChI=1S/C13H24N4O2S/c1-11(2)14-7-5-9-17(4)20(18,19)16-13-6-8-15-12(3)10-13/h6,8,10-11,14H,5,7,9H2,1-4H3,(H,15,16). The molecule has 0 atom stereocenters. The second kappa shape index (κ2) is 7.56. The van der Waals surface area contributed by atoms with Crippen LogP contribution in [0.3, 0.4) is 0 Å². The summed E-state index contributed by atoms with van der Waals surface area (Å²) >= 11 is 0. The Labute approximate surface area is 121 Å². The maximum atomic E-state index is 12.1. The van der Waals surface area contributed by atoms with Crippen molar-refractivity contribution in [1.29, 1.82) is 0 Å². The van der Waals surface area contributed by atoms with E-state index in [4.69, 9.17) is 0 Å². The Hall–Kier alpha value is -1.18. The summed E-state index contributed by atoms with van der Waals surface area (Å²) in [5, 5.41) is 3.26. The average molecular weight is 300 g/mol. The first-order chi connectivity index (χ1) is 9.31. The van der Waals surface area contributed by atoms with E-state index >= 15 is 0 Å². The number of pyridine rings is 1. The van der Waals surface area contributed by atoms with E-state index in [1.807, 2.05) is 6.92 Å². The zero-order chi connectivity index (χ0) is 15.2. The number of anilines is 1. The molecule has 0 aliphatic rings. The summed E-state index contributed by atoms with van der Waals surface area (Å²) in [6.07, 6.45) is 2.35. The highest BCUT2D eigenvalue weighted by molar-refractivity contribution is 7.90. The van der Waals surface area contributed by atoms with Crippen LogP contribution in [0.25, 0.3) is 0 Å². The molecule has 114 valence electrons. The number of aryl methyl sites for hydroxylation is 1. The number of hydrogen-bond donors (Lipinski definition) is 2. The fraction of sp³-hybridized carbons (Fsp3) is 0.615. The molecule has 0 aliphatic carbocycles. The van der Waals surface area contributed by atoms with Crippen LogP contribution in [0.1, 0.15) is 26.0 Å². The van der Waals surface area contributed by atoms with Crippen LogP contribution >= 0.6 is 0 Å². The van der Waals surface area contributed by atoms with Crippen LogP contribution in [0.4, 0.5) is 5.69 Å². The summed E-state index contributed by atoms with van der Waals surface area (Å²) in [4.78, 5) is 4.04. The molecule has 7 heteroatoms. The van der Waals surface area contributed by atoms with Gasteiger partial charge >= 0.3 is 10.2 Å². The van der Waals surface area contributed by atoms with Gasteiger partial charge < -0.3 is 5.32 Å². The zero-order valence-corrected chi connectivity index (χ0v) is 13.4. The van der Waals surface area contributed by atoms with Crippen LogP contribution in [0.5, 0.6) is 0 Å². The fourth-order valence-corrected chi connectivity index (χ4v) is 2.60. The minimum atomic E-state index is -3.50. The summed E-state index contributed by atoms with van der Waals surface area (Å²) in [6.45, 7) is 7.21. The normalized spacial score (nSPS) is 12.1. The highest BCUT2D eigenvalue weighted by atomic mass is 32.2. The number of hydrogen-bond acceptors (Lipinski definition) is 4. The van der Waals surface area contributed by atoms with Crippen molar-refractivity contribution in [2.75, 3.05) is 24.9 Å². The summed E-state index contributed by atoms with van der Waals surface area (Å²) in [5.41, 5.74) is 1.30. The molecule has 20 heavy (non-hydrogen) atoms. The van der Waals surface area contributed by atoms with E-state index in [9.17, 15) is 8.42 Å². The zero-order valence-electron chi connectivity index (χ0n) is 12.5. The number of aromatic nitrogens is 1. The molecule has 0 fully saturated rings. The molecule has 0 spiro atoms. The van der Waals surface area contributed by atoms with Gasteiger partial charge in [-0.25, -0.2) is 0 Å². The highest BCUT2D eigenvalue weighted by Gasteiger charge is 2.17. The van der Waals surface area contributed by atoms with E-state index in [2.05, 4.69) is 28.9 Å². The lowest BCUT2D eigenvalue weighted by molar-refractivity contribution is 0.451. The second-order valence-corrected chi connectivity index (χ2v) is 6.85. The van der Waals surface area contributed by atoms with E-state index in [0.29, 0.717) is 18.3 Å². The van der Waals surface area contributed by atoms with Crippen molar-refractivity contribution >= 4 is 15.9 Å². The Kier molecular flexibility index (Phi) is 6.38. The molecule has 1 heterocycles. The van der Waals surface area contributed by atoms with Gasteiger partial charge in [0.15, 0.2) is 0 Å². The first-order valence-corrected chi connectivity index (χ1v) is 8.15. The molecule has 1 rings (SSSR count). The molecule has 2 N–H and O–H groups in total. The Balaban J connectivity index is 2.51. The van der Waals surface area contributed by atoms with E-state index in [1.54, 1.807) is 25.4 Å². The lowest BCUT2D eigenvalue weighted by Crippen LogP contribution is -2.35. The van der Waals surface area contributed by atoms with E-state index in [-0.39, 0.29) is 0 Å². The molecule has 0 amide bonds. The van der Waals surface area contributed by atoms with Gasteiger partial charge in [-0.1, -0.05) is 13.8 Å². The summed E-state index contributed by atoms with van der Waals surface area (Å²) in [5.74, 6) is 0. The number of nitrogens with zero attached hydrogens (tertiary/aromatic N) is 2. The van der Waals surface area contributed by atoms with Gasteiger partial charge in [0.1, 0.15) is 0 Å². The molecule has 0 unspecified atom stereocenters. The van der Waals surface area contributed by atoms with Crippen LogP contribution in [0.2, 0.25) is 0 Å². The summed E-state index contributed by atoms with van der Waals surface area (Å²) in [6, 6.07) is 3.75. The lowest BCUT2D eigenvalue weighted by Gasteiger charge is -2.18. The number of rotatable bonds is 8. The van der Waals surface area contributed by atoms with Gasteiger partial charge in [0.25, 0.3) is 0 Å². The van der Waals surface area contributed by atoms with Gasteiger partial charge in [-0.2, -0.15) is 12.7 Å². The van der Waals surface area contributed by atoms with Crippen LogP contribution in [0, 0.1) is 6.92 Å². The van der Waals surface area contributed by atoms with E-state index < -0.39 is 10.2 Å². The third-order valence-electron chi connectivity index (χ3n) is 2.76. The first-order valence-electron chi connectivity index (χ1n) is 6.71. The van der Waals surface area contributed by atoms with Crippen LogP contribution in [0.15, 0.2) is 18.3 Å². The second-order valence-electron chi connectivity index (χ2n) is 5.08. The molecular weight excluding hydrogens is 276 g/mol. The predicted molar refractivity (Wildman–Crippen MR) is 81.9 cm³/mol. The fourth-order valence-electron chi connectivity index (χ4n) is 1.65. The van der Waals surface area contributed by atoms with Gasteiger partial charge in [-0.3, -0.25) is 9.71 Å². The van der Waals surface area contributed by atoms with E-state index in [0.717, 1.165) is 18.7 Å². The van der Waals surface area contributed by atoms with Gasteiger partial charge in [0.05, 0.1) is 5.69 Å². The van der Waals surface area contributed by atoms with Crippen molar-refractivity contribution in [1.82, 2.24) is 14.6 Å². The SMILES string of the molecule is Cc1cc(NS(=O)(=O)N(C)CCCNC(C)C)ccn1. The van der Waals surface area contributed by atoms with Gasteiger partial charge in [0.2, 0.25) is 0 Å². The third-order valence-corrected chi connectivity index (χ3v) is 4.25. The Morgan fingerprint density at radius 2 is 2.10 bits per heavy atom. The molecule has 1 aromatic heterocycles. The molecule has 1 aromatic rings. The summed E-state index contributed by atoms with van der Waals surface area (Å²) in [7, 11) is -1.93. The van der Waals surface area contributed by atoms with Crippen molar-refractivity contribution in [3.8, 4) is 0 Å². The van der Waals surface area contributed by atoms with Crippen molar-refractivity contribution in [2.24, 2.45) is 0 Å². The molecule has 0 radical (unpaired) electrons. The smallest absolute Gasteiger partial charge is 0.301 e. The van der Waals surface area contributed by atoms with Gasteiger partial charge in [-0.15, -0.1) is 0 Å². The minimum absolute atomic E-state index is 0.412. The van der Waals surface area contributed by atoms with Gasteiger partial charge in [-0.05, 0) is 32.0 Å². The van der Waals surface area contributed by atoms with Crippen LogP contribution in [-0.2, 0) is 10.2 Å². The van der Waals surface area contributed by atoms with Crippen molar-refractivity contribution in [2.45, 2.75) is 33.2 Å². The van der Waals surface area contributed by atoms with E-state index in [1.165, 1.54) is 4.31 Å². The van der Waals surface area contributed by atoms with Crippen molar-refractivity contribution in [3.63, 3.8) is 0 Å². The number of nitrogens with one attached hydrogen (secondary N) is 2. The maximum absolute atomic E-state index is 12.1. The Morgan fingerprint density at radius 3 is 2.70 bits per heavy atom. The van der Waals surface area contributed by atoms with Crippen LogP contribution in [-0.4, -0.2) is 43.9 Å². The van der Waals surface area contributed by atoms with Crippen molar-refractivity contribution in [3.05, 3.63) is 24.0 Å². The molecular formula is C13H24N4O2S. The maximum Gasteiger partial charge on any atom is 0.301 e. The van der Waals surface area contributed by atoms with Crippen molar-refractivity contribution < 1.29 is 8.42 Å². The lowest BCUT2D eigenvalue weighted by atomic mass is 10.3. The minimum Gasteiger partial charge on any atom is -0.314 e. The molecule has 6 nitrogen and oxygen atoms in total. The Morgan fingerprint density at radius 1 is 1.40 bits per heavy atom. The molecule has 0 saturated heterocycles. The molecule has 0 aliphatic heterocycles.